The van der Waals surface area contributed by atoms with Gasteiger partial charge in [-0.3, -0.25) is 13.8 Å². The van der Waals surface area contributed by atoms with Crippen LogP contribution in [-0.4, -0.2) is 41.5 Å². The minimum atomic E-state index is -0.242. The van der Waals surface area contributed by atoms with Crippen LogP contribution in [-0.2, 0) is 13.5 Å². The first-order chi connectivity index (χ1) is 13.6. The van der Waals surface area contributed by atoms with Crippen molar-refractivity contribution in [2.75, 3.05) is 6.54 Å². The van der Waals surface area contributed by atoms with E-state index in [0.29, 0.717) is 29.9 Å². The van der Waals surface area contributed by atoms with E-state index in [1.807, 2.05) is 33.7 Å². The van der Waals surface area contributed by atoms with E-state index in [-0.39, 0.29) is 17.6 Å². The lowest BCUT2D eigenvalue weighted by Crippen LogP contribution is -2.35. The maximum atomic E-state index is 13.6. The number of pyridine rings is 1. The van der Waals surface area contributed by atoms with Gasteiger partial charge in [0.25, 0.3) is 5.91 Å². The molecule has 5 rings (SSSR count). The van der Waals surface area contributed by atoms with Crippen LogP contribution in [0, 0.1) is 11.8 Å². The average molecular weight is 380 g/mol. The molecule has 1 N–H and O–H groups in total. The monoisotopic (exact) mass is 380 g/mol. The van der Waals surface area contributed by atoms with Crippen molar-refractivity contribution in [2.24, 2.45) is 18.9 Å². The van der Waals surface area contributed by atoms with E-state index in [4.69, 9.17) is 0 Å². The SMILES string of the molecule is CCc1cn2c(C(=O)N3CCC(C4CC4)C3c3n[nH]c(=O)n3C)cccc2n1. The number of hydrogen-bond acceptors (Lipinski definition) is 4. The van der Waals surface area contributed by atoms with Crippen molar-refractivity contribution in [1.29, 1.82) is 0 Å². The van der Waals surface area contributed by atoms with Gasteiger partial charge in [-0.25, -0.2) is 14.9 Å². The number of carbonyl (C=O) groups is 1. The van der Waals surface area contributed by atoms with E-state index in [1.165, 1.54) is 12.8 Å². The lowest BCUT2D eigenvalue weighted by molar-refractivity contribution is 0.0694. The summed E-state index contributed by atoms with van der Waals surface area (Å²) in [5.74, 6) is 1.59. The molecule has 0 aromatic carbocycles. The van der Waals surface area contributed by atoms with Gasteiger partial charge in [0, 0.05) is 19.8 Å². The van der Waals surface area contributed by atoms with Gasteiger partial charge in [-0.2, -0.15) is 5.10 Å². The number of amides is 1. The van der Waals surface area contributed by atoms with Crippen molar-refractivity contribution in [3.05, 3.63) is 52.1 Å². The molecule has 1 saturated carbocycles. The molecule has 0 spiro atoms. The average Bonchev–Trinajstić information content (AvgIpc) is 3.17. The Kier molecular flexibility index (Phi) is 3.89. The fraction of sp³-hybridized carbons (Fsp3) is 0.500. The predicted octanol–water partition coefficient (Wildman–Crippen LogP) is 1.93. The molecule has 2 fully saturated rings. The first-order valence-corrected chi connectivity index (χ1v) is 9.97. The highest BCUT2D eigenvalue weighted by molar-refractivity contribution is 5.93. The number of aryl methyl sites for hydroxylation is 1. The molecule has 8 heteroatoms. The van der Waals surface area contributed by atoms with E-state index in [2.05, 4.69) is 22.1 Å². The summed E-state index contributed by atoms with van der Waals surface area (Å²) in [6.07, 6.45) is 6.09. The Morgan fingerprint density at radius 2 is 2.11 bits per heavy atom. The van der Waals surface area contributed by atoms with Gasteiger partial charge in [0.1, 0.15) is 11.3 Å². The number of nitrogens with one attached hydrogen (secondary N) is 1. The highest BCUT2D eigenvalue weighted by Gasteiger charge is 2.47. The number of rotatable bonds is 4. The standard InChI is InChI=1S/C20H24N6O2/c1-3-13-11-26-15(5-4-6-16(26)21-13)19(27)25-10-9-14(12-7-8-12)17(25)18-22-23-20(28)24(18)2/h4-6,11-12,14,17H,3,7-10H2,1-2H3,(H,23,28). The van der Waals surface area contributed by atoms with Crippen LogP contribution in [0.3, 0.4) is 0 Å². The van der Waals surface area contributed by atoms with Crippen molar-refractivity contribution in [3.8, 4) is 0 Å². The van der Waals surface area contributed by atoms with Gasteiger partial charge in [0.05, 0.1) is 11.7 Å². The third kappa shape index (κ3) is 2.58. The minimum Gasteiger partial charge on any atom is -0.327 e. The maximum Gasteiger partial charge on any atom is 0.343 e. The van der Waals surface area contributed by atoms with E-state index in [9.17, 15) is 9.59 Å². The van der Waals surface area contributed by atoms with Crippen LogP contribution in [0.1, 0.15) is 54.2 Å². The molecule has 0 bridgehead atoms. The number of hydrogen-bond donors (Lipinski definition) is 1. The van der Waals surface area contributed by atoms with Crippen LogP contribution in [0.5, 0.6) is 0 Å². The number of aromatic amines is 1. The quantitative estimate of drug-likeness (QED) is 0.749. The summed E-state index contributed by atoms with van der Waals surface area (Å²) in [5, 5.41) is 6.81. The maximum absolute atomic E-state index is 13.6. The second kappa shape index (κ2) is 6.32. The summed E-state index contributed by atoms with van der Waals surface area (Å²) in [4.78, 5) is 32.1. The molecule has 3 aromatic heterocycles. The fourth-order valence-electron chi connectivity index (χ4n) is 4.57. The van der Waals surface area contributed by atoms with E-state index >= 15 is 0 Å². The van der Waals surface area contributed by atoms with E-state index in [0.717, 1.165) is 24.2 Å². The molecule has 1 aliphatic heterocycles. The molecule has 1 aliphatic carbocycles. The number of fused-ring (bicyclic) bond motifs is 1. The number of aromatic nitrogens is 5. The Morgan fingerprint density at radius 1 is 1.29 bits per heavy atom. The zero-order chi connectivity index (χ0) is 19.4. The summed E-state index contributed by atoms with van der Waals surface area (Å²) in [6.45, 7) is 2.73. The third-order valence-corrected chi connectivity index (χ3v) is 6.24. The summed E-state index contributed by atoms with van der Waals surface area (Å²) in [7, 11) is 1.72. The Labute approximate surface area is 162 Å². The lowest BCUT2D eigenvalue weighted by Gasteiger charge is -2.27. The van der Waals surface area contributed by atoms with Crippen LogP contribution < -0.4 is 5.69 Å². The van der Waals surface area contributed by atoms with Gasteiger partial charge >= 0.3 is 5.69 Å². The van der Waals surface area contributed by atoms with Gasteiger partial charge in [-0.15, -0.1) is 0 Å². The molecule has 1 amide bonds. The van der Waals surface area contributed by atoms with Crippen molar-refractivity contribution < 1.29 is 4.79 Å². The zero-order valence-electron chi connectivity index (χ0n) is 16.1. The molecule has 2 unspecified atom stereocenters. The first kappa shape index (κ1) is 17.2. The largest absolute Gasteiger partial charge is 0.343 e. The molecule has 2 atom stereocenters. The van der Waals surface area contributed by atoms with Gasteiger partial charge in [0.15, 0.2) is 5.82 Å². The van der Waals surface area contributed by atoms with Crippen molar-refractivity contribution in [1.82, 2.24) is 29.0 Å². The summed E-state index contributed by atoms with van der Waals surface area (Å²) < 4.78 is 3.42. The Morgan fingerprint density at radius 3 is 2.79 bits per heavy atom. The van der Waals surface area contributed by atoms with Crippen LogP contribution in [0.15, 0.2) is 29.2 Å². The van der Waals surface area contributed by atoms with Crippen LogP contribution in [0.2, 0.25) is 0 Å². The highest BCUT2D eigenvalue weighted by atomic mass is 16.2. The summed E-state index contributed by atoms with van der Waals surface area (Å²) in [5.41, 5.74) is 2.10. The normalized spacial score (nSPS) is 22.3. The van der Waals surface area contributed by atoms with Crippen molar-refractivity contribution in [3.63, 3.8) is 0 Å². The number of H-pyrrole nitrogens is 1. The van der Waals surface area contributed by atoms with Gasteiger partial charge in [-0.05, 0) is 49.7 Å². The van der Waals surface area contributed by atoms with E-state index < -0.39 is 0 Å². The molecule has 0 radical (unpaired) electrons. The molecule has 2 aliphatic rings. The van der Waals surface area contributed by atoms with Crippen LogP contribution in [0.4, 0.5) is 0 Å². The molecule has 28 heavy (non-hydrogen) atoms. The minimum absolute atomic E-state index is 0.0331. The van der Waals surface area contributed by atoms with Crippen LogP contribution in [0.25, 0.3) is 5.65 Å². The van der Waals surface area contributed by atoms with Crippen molar-refractivity contribution in [2.45, 2.75) is 38.6 Å². The molecular weight excluding hydrogens is 356 g/mol. The predicted molar refractivity (Wildman–Crippen MR) is 103 cm³/mol. The van der Waals surface area contributed by atoms with Crippen LogP contribution >= 0.6 is 0 Å². The number of likely N-dealkylation sites (tertiary alicyclic amines) is 1. The molecule has 146 valence electrons. The zero-order valence-corrected chi connectivity index (χ0v) is 16.1. The number of nitrogens with zero attached hydrogens (tertiary/aromatic N) is 5. The second-order valence-corrected chi connectivity index (χ2v) is 7.90. The lowest BCUT2D eigenvalue weighted by atomic mass is 9.94. The number of carbonyl (C=O) groups excluding carboxylic acids is 1. The fourth-order valence-corrected chi connectivity index (χ4v) is 4.57. The third-order valence-electron chi connectivity index (χ3n) is 6.24. The molecule has 1 saturated heterocycles. The van der Waals surface area contributed by atoms with Crippen molar-refractivity contribution >= 4 is 11.6 Å². The van der Waals surface area contributed by atoms with Gasteiger partial charge in [0.2, 0.25) is 0 Å². The van der Waals surface area contributed by atoms with Gasteiger partial charge in [-0.1, -0.05) is 13.0 Å². The highest BCUT2D eigenvalue weighted by Crippen LogP contribution is 2.50. The number of imidazole rings is 1. The van der Waals surface area contributed by atoms with E-state index in [1.54, 1.807) is 11.6 Å². The Balaban J connectivity index is 1.57. The molecule has 3 aromatic rings. The molecule has 8 nitrogen and oxygen atoms in total. The first-order valence-electron chi connectivity index (χ1n) is 9.97. The summed E-state index contributed by atoms with van der Waals surface area (Å²) >= 11 is 0. The summed E-state index contributed by atoms with van der Waals surface area (Å²) in [6, 6.07) is 5.47. The topological polar surface area (TPSA) is 88.3 Å². The molecule has 4 heterocycles. The molecular formula is C20H24N6O2. The Bertz CT molecular complexity index is 1110. The second-order valence-electron chi connectivity index (χ2n) is 7.90. The van der Waals surface area contributed by atoms with Gasteiger partial charge < -0.3 is 4.90 Å². The smallest absolute Gasteiger partial charge is 0.327 e. The Hall–Kier alpha value is -2.90.